The Bertz CT molecular complexity index is 1400. The van der Waals surface area contributed by atoms with Crippen molar-refractivity contribution in [2.45, 2.75) is 13.3 Å². The molecule has 0 saturated heterocycles. The molecule has 0 spiro atoms. The van der Waals surface area contributed by atoms with Gasteiger partial charge in [-0.15, -0.1) is 0 Å². The number of imide groups is 1. The molecule has 0 bridgehead atoms. The lowest BCUT2D eigenvalue weighted by molar-refractivity contribution is -0.120. The number of carbonyl (C=O) groups is 4. The third-order valence-electron chi connectivity index (χ3n) is 5.36. The van der Waals surface area contributed by atoms with E-state index in [0.29, 0.717) is 12.1 Å². The van der Waals surface area contributed by atoms with Gasteiger partial charge in [-0.05, 0) is 67.1 Å². The molecule has 0 aromatic heterocycles. The number of nitrogens with zero attached hydrogens (tertiary/aromatic N) is 1. The summed E-state index contributed by atoms with van der Waals surface area (Å²) in [5, 5.41) is 5.00. The first-order valence-corrected chi connectivity index (χ1v) is 11.7. The molecule has 10 heteroatoms. The normalized spacial score (nSPS) is 13.1. The van der Waals surface area contributed by atoms with Gasteiger partial charge in [0, 0.05) is 11.3 Å². The van der Waals surface area contributed by atoms with Gasteiger partial charge in [-0.3, -0.25) is 14.4 Å². The van der Waals surface area contributed by atoms with Gasteiger partial charge < -0.3 is 15.4 Å². The maximum Gasteiger partial charge on any atom is 0.338 e. The monoisotopic (exact) mass is 521 g/mol. The molecular formula is C27H21ClFN3O5. The first-order valence-electron chi connectivity index (χ1n) is 11.3. The Labute approximate surface area is 216 Å². The van der Waals surface area contributed by atoms with Crippen molar-refractivity contribution in [2.24, 2.45) is 0 Å². The average molecular weight is 522 g/mol. The molecule has 3 aromatic rings. The summed E-state index contributed by atoms with van der Waals surface area (Å²) in [5.74, 6) is -2.99. The van der Waals surface area contributed by atoms with Crippen molar-refractivity contribution in [1.29, 1.82) is 0 Å². The molecule has 0 saturated carbocycles. The van der Waals surface area contributed by atoms with Gasteiger partial charge in [0.05, 0.1) is 23.5 Å². The fourth-order valence-electron chi connectivity index (χ4n) is 3.48. The lowest BCUT2D eigenvalue weighted by atomic mass is 10.1. The highest BCUT2D eigenvalue weighted by molar-refractivity contribution is 6.53. The Morgan fingerprint density at radius 3 is 2.22 bits per heavy atom. The Kier molecular flexibility index (Phi) is 7.64. The van der Waals surface area contributed by atoms with E-state index >= 15 is 0 Å². The van der Waals surface area contributed by atoms with Crippen molar-refractivity contribution in [1.82, 2.24) is 0 Å². The summed E-state index contributed by atoms with van der Waals surface area (Å²) in [6.07, 6.45) is 0.685. The first-order chi connectivity index (χ1) is 17.8. The molecule has 37 heavy (non-hydrogen) atoms. The molecule has 3 amide bonds. The summed E-state index contributed by atoms with van der Waals surface area (Å²) >= 11 is 6.18. The minimum atomic E-state index is -0.726. The van der Waals surface area contributed by atoms with Crippen LogP contribution in [0.4, 0.5) is 21.5 Å². The lowest BCUT2D eigenvalue weighted by Gasteiger charge is -2.15. The first kappa shape index (κ1) is 25.6. The van der Waals surface area contributed by atoms with Crippen molar-refractivity contribution < 1.29 is 28.3 Å². The molecule has 0 atom stereocenters. The molecule has 4 rings (SSSR count). The highest BCUT2D eigenvalue weighted by Gasteiger charge is 2.39. The van der Waals surface area contributed by atoms with Gasteiger partial charge in [-0.25, -0.2) is 14.1 Å². The molecule has 3 aromatic carbocycles. The number of nitrogens with one attached hydrogen (secondary N) is 2. The standard InChI is InChI=1S/C27H21ClFN3O5/c1-2-15-37-27(36)17-9-13-19(14-10-17)32-25(34)22(28)23(26(32)35)30-18-11-7-16(8-12-18)24(33)31-21-6-4-3-5-20(21)29/h3-14,30H,2,15H2,1H3,(H,31,33). The number of para-hydroxylation sites is 1. The van der Waals surface area contributed by atoms with Crippen molar-refractivity contribution in [3.63, 3.8) is 0 Å². The molecule has 1 heterocycles. The molecule has 0 aliphatic carbocycles. The molecule has 1 aliphatic heterocycles. The van der Waals surface area contributed by atoms with E-state index in [2.05, 4.69) is 10.6 Å². The summed E-state index contributed by atoms with van der Waals surface area (Å²) in [7, 11) is 0. The molecule has 188 valence electrons. The summed E-state index contributed by atoms with van der Waals surface area (Å²) in [6.45, 7) is 2.16. The Morgan fingerprint density at radius 1 is 0.919 bits per heavy atom. The van der Waals surface area contributed by atoms with Crippen LogP contribution < -0.4 is 15.5 Å². The van der Waals surface area contributed by atoms with Gasteiger partial charge >= 0.3 is 5.97 Å². The van der Waals surface area contributed by atoms with Crippen LogP contribution in [0.3, 0.4) is 0 Å². The quantitative estimate of drug-likeness (QED) is 0.316. The zero-order chi connectivity index (χ0) is 26.5. The van der Waals surface area contributed by atoms with E-state index in [9.17, 15) is 23.6 Å². The molecule has 1 aliphatic rings. The number of anilines is 3. The number of esters is 1. The largest absolute Gasteiger partial charge is 0.462 e. The van der Waals surface area contributed by atoms with Crippen LogP contribution in [0.2, 0.25) is 0 Å². The van der Waals surface area contributed by atoms with E-state index < -0.39 is 29.5 Å². The van der Waals surface area contributed by atoms with Gasteiger partial charge in [0.25, 0.3) is 17.7 Å². The molecule has 8 nitrogen and oxygen atoms in total. The van der Waals surface area contributed by atoms with E-state index in [1.165, 1.54) is 66.7 Å². The molecule has 0 radical (unpaired) electrons. The molecular weight excluding hydrogens is 501 g/mol. The van der Waals surface area contributed by atoms with Crippen LogP contribution in [-0.4, -0.2) is 30.3 Å². The van der Waals surface area contributed by atoms with Crippen LogP contribution in [0.5, 0.6) is 0 Å². The van der Waals surface area contributed by atoms with Gasteiger partial charge in [-0.2, -0.15) is 0 Å². The second-order valence-electron chi connectivity index (χ2n) is 7.95. The van der Waals surface area contributed by atoms with E-state index in [4.69, 9.17) is 16.3 Å². The predicted molar refractivity (Wildman–Crippen MR) is 137 cm³/mol. The maximum absolute atomic E-state index is 13.8. The topological polar surface area (TPSA) is 105 Å². The zero-order valence-corrected chi connectivity index (χ0v) is 20.3. The van der Waals surface area contributed by atoms with Gasteiger partial charge in [-0.1, -0.05) is 30.7 Å². The smallest absolute Gasteiger partial charge is 0.338 e. The van der Waals surface area contributed by atoms with Gasteiger partial charge in [0.2, 0.25) is 0 Å². The SMILES string of the molecule is CCCOC(=O)c1ccc(N2C(=O)C(Cl)=C(Nc3ccc(C(=O)Nc4ccccc4F)cc3)C2=O)cc1. The molecule has 2 N–H and O–H groups in total. The number of hydrogen-bond donors (Lipinski definition) is 2. The second kappa shape index (κ2) is 11.0. The Balaban J connectivity index is 1.44. The predicted octanol–water partition coefficient (Wildman–Crippen LogP) is 5.08. The minimum Gasteiger partial charge on any atom is -0.462 e. The van der Waals surface area contributed by atoms with E-state index in [1.807, 2.05) is 6.92 Å². The van der Waals surface area contributed by atoms with E-state index in [-0.39, 0.29) is 39.8 Å². The summed E-state index contributed by atoms with van der Waals surface area (Å²) in [6, 6.07) is 17.6. The Morgan fingerprint density at radius 2 is 1.57 bits per heavy atom. The van der Waals surface area contributed by atoms with Gasteiger partial charge in [0.15, 0.2) is 0 Å². The third kappa shape index (κ3) is 5.52. The molecule has 0 fully saturated rings. The Hall–Kier alpha value is -4.50. The van der Waals surface area contributed by atoms with Crippen LogP contribution in [0.25, 0.3) is 0 Å². The van der Waals surface area contributed by atoms with Crippen molar-refractivity contribution in [3.8, 4) is 0 Å². The fourth-order valence-corrected chi connectivity index (χ4v) is 3.69. The lowest BCUT2D eigenvalue weighted by Crippen LogP contribution is -2.32. The summed E-state index contributed by atoms with van der Waals surface area (Å²) in [4.78, 5) is 51.0. The van der Waals surface area contributed by atoms with Gasteiger partial charge in [0.1, 0.15) is 16.5 Å². The third-order valence-corrected chi connectivity index (χ3v) is 5.71. The average Bonchev–Trinajstić information content (AvgIpc) is 3.12. The molecule has 0 unspecified atom stereocenters. The van der Waals surface area contributed by atoms with Crippen LogP contribution in [0.1, 0.15) is 34.1 Å². The summed E-state index contributed by atoms with van der Waals surface area (Å²) in [5.41, 5.74) is 1.08. The van der Waals surface area contributed by atoms with E-state index in [0.717, 1.165) is 4.90 Å². The minimum absolute atomic E-state index is 0.0488. The number of benzene rings is 3. The van der Waals surface area contributed by atoms with Crippen LogP contribution in [-0.2, 0) is 14.3 Å². The number of halogens is 2. The highest BCUT2D eigenvalue weighted by Crippen LogP contribution is 2.30. The fraction of sp³-hybridized carbons (Fsp3) is 0.111. The van der Waals surface area contributed by atoms with Crippen molar-refractivity contribution >= 4 is 52.4 Å². The number of ether oxygens (including phenoxy) is 1. The zero-order valence-electron chi connectivity index (χ0n) is 19.6. The van der Waals surface area contributed by atoms with Crippen molar-refractivity contribution in [2.75, 3.05) is 22.1 Å². The number of carbonyl (C=O) groups excluding carboxylic acids is 4. The summed E-state index contributed by atoms with van der Waals surface area (Å²) < 4.78 is 18.9. The van der Waals surface area contributed by atoms with Crippen molar-refractivity contribution in [3.05, 3.63) is 100 Å². The number of rotatable bonds is 8. The van der Waals surface area contributed by atoms with Crippen LogP contribution >= 0.6 is 11.6 Å². The second-order valence-corrected chi connectivity index (χ2v) is 8.33. The maximum atomic E-state index is 13.8. The van der Waals surface area contributed by atoms with E-state index in [1.54, 1.807) is 6.07 Å². The van der Waals surface area contributed by atoms with Crippen LogP contribution in [0, 0.1) is 5.82 Å². The van der Waals surface area contributed by atoms with Crippen LogP contribution in [0.15, 0.2) is 83.5 Å². The number of hydrogen-bond acceptors (Lipinski definition) is 6. The highest BCUT2D eigenvalue weighted by atomic mass is 35.5. The number of amides is 3.